The highest BCUT2D eigenvalue weighted by Gasteiger charge is 2.26. The van der Waals surface area contributed by atoms with Crippen molar-refractivity contribution in [3.05, 3.63) is 34.4 Å². The Balaban J connectivity index is 1.29. The summed E-state index contributed by atoms with van der Waals surface area (Å²) in [6.07, 6.45) is 2.64. The normalized spacial score (nSPS) is 16.7. The van der Waals surface area contributed by atoms with Gasteiger partial charge in [0.15, 0.2) is 6.61 Å². The Morgan fingerprint density at radius 3 is 2.66 bits per heavy atom. The zero-order valence-corrected chi connectivity index (χ0v) is 18.8. The molecule has 0 bridgehead atoms. The molecule has 1 fully saturated rings. The molecule has 1 N–H and O–H groups in total. The van der Waals surface area contributed by atoms with Crippen LogP contribution in [0.5, 0.6) is 5.75 Å². The molecule has 1 aromatic carbocycles. The number of nitrogens with one attached hydrogen (secondary N) is 1. The predicted octanol–water partition coefficient (Wildman–Crippen LogP) is 2.24. The lowest BCUT2D eigenvalue weighted by Crippen LogP contribution is -2.48. The van der Waals surface area contributed by atoms with Crippen LogP contribution < -0.4 is 15.6 Å². The van der Waals surface area contributed by atoms with Crippen LogP contribution in [0.2, 0.25) is 0 Å². The summed E-state index contributed by atoms with van der Waals surface area (Å²) >= 11 is 0. The first kappa shape index (κ1) is 22.1. The maximum atomic E-state index is 12.7. The van der Waals surface area contributed by atoms with E-state index < -0.39 is 11.7 Å². The Labute approximate surface area is 186 Å². The van der Waals surface area contributed by atoms with Crippen molar-refractivity contribution < 1.29 is 19.1 Å². The molecular formula is C23H30N4O5. The fourth-order valence-corrected chi connectivity index (χ4v) is 4.14. The van der Waals surface area contributed by atoms with Crippen molar-refractivity contribution in [1.29, 1.82) is 0 Å². The Bertz CT molecular complexity index is 1080. The second-order valence-corrected chi connectivity index (χ2v) is 9.36. The van der Waals surface area contributed by atoms with E-state index in [1.54, 1.807) is 27.7 Å². The summed E-state index contributed by atoms with van der Waals surface area (Å²) in [4.78, 5) is 43.5. The zero-order chi connectivity index (χ0) is 22.9. The number of ether oxygens (including phenoxy) is 2. The number of hydrogen-bond acceptors (Lipinski definition) is 6. The monoisotopic (exact) mass is 442 g/mol. The van der Waals surface area contributed by atoms with Gasteiger partial charge in [-0.2, -0.15) is 0 Å². The number of carbonyl (C=O) groups excluding carboxylic acids is 2. The number of nitrogens with zero attached hydrogens (tertiary/aromatic N) is 3. The number of amides is 2. The summed E-state index contributed by atoms with van der Waals surface area (Å²) in [6, 6.07) is 5.16. The smallest absolute Gasteiger partial charge is 0.407 e. The van der Waals surface area contributed by atoms with Crippen molar-refractivity contribution in [1.82, 2.24) is 19.8 Å². The number of benzene rings is 1. The van der Waals surface area contributed by atoms with Crippen molar-refractivity contribution in [3.8, 4) is 5.75 Å². The summed E-state index contributed by atoms with van der Waals surface area (Å²) in [6.45, 7) is 7.14. The largest absolute Gasteiger partial charge is 0.484 e. The van der Waals surface area contributed by atoms with Crippen LogP contribution in [0.3, 0.4) is 0 Å². The highest BCUT2D eigenvalue weighted by atomic mass is 16.6. The van der Waals surface area contributed by atoms with Crippen LogP contribution in [0.25, 0.3) is 10.9 Å². The van der Waals surface area contributed by atoms with Crippen molar-refractivity contribution in [3.63, 3.8) is 0 Å². The lowest BCUT2D eigenvalue weighted by atomic mass is 10.1. The van der Waals surface area contributed by atoms with Gasteiger partial charge in [-0.15, -0.1) is 0 Å². The molecular weight excluding hydrogens is 412 g/mol. The minimum absolute atomic E-state index is 0.0162. The van der Waals surface area contributed by atoms with Crippen LogP contribution in [0.4, 0.5) is 4.79 Å². The summed E-state index contributed by atoms with van der Waals surface area (Å²) in [5.41, 5.74) is 0.0582. The van der Waals surface area contributed by atoms with Gasteiger partial charge in [0.25, 0.3) is 11.5 Å². The van der Waals surface area contributed by atoms with E-state index in [4.69, 9.17) is 9.47 Å². The molecule has 9 heteroatoms. The number of fused-ring (bicyclic) bond motifs is 2. The molecule has 4 rings (SSSR count). The Kier molecular flexibility index (Phi) is 6.08. The topological polar surface area (TPSA) is 103 Å². The van der Waals surface area contributed by atoms with Crippen molar-refractivity contribution >= 4 is 22.9 Å². The average Bonchev–Trinajstić information content (AvgIpc) is 3.20. The van der Waals surface area contributed by atoms with E-state index >= 15 is 0 Å². The van der Waals surface area contributed by atoms with Gasteiger partial charge in [0.1, 0.15) is 17.2 Å². The first-order chi connectivity index (χ1) is 15.2. The van der Waals surface area contributed by atoms with Crippen LogP contribution in [0.1, 0.15) is 45.9 Å². The minimum atomic E-state index is -0.539. The second-order valence-electron chi connectivity index (χ2n) is 9.36. The number of carbonyl (C=O) groups is 2. The van der Waals surface area contributed by atoms with Gasteiger partial charge in [-0.25, -0.2) is 9.78 Å². The molecule has 1 aromatic heterocycles. The van der Waals surface area contributed by atoms with Gasteiger partial charge < -0.3 is 19.7 Å². The van der Waals surface area contributed by atoms with Crippen molar-refractivity contribution in [2.45, 2.75) is 64.6 Å². The first-order valence-electron chi connectivity index (χ1n) is 11.1. The molecule has 2 aliphatic rings. The van der Waals surface area contributed by atoms with Gasteiger partial charge in [-0.05, 0) is 58.2 Å². The number of aromatic nitrogens is 2. The van der Waals surface area contributed by atoms with Gasteiger partial charge in [0.05, 0.1) is 10.9 Å². The first-order valence-corrected chi connectivity index (χ1v) is 11.1. The van der Waals surface area contributed by atoms with Gasteiger partial charge in [0, 0.05) is 32.1 Å². The van der Waals surface area contributed by atoms with Gasteiger partial charge >= 0.3 is 6.09 Å². The molecule has 0 radical (unpaired) electrons. The predicted molar refractivity (Wildman–Crippen MR) is 119 cm³/mol. The van der Waals surface area contributed by atoms with Gasteiger partial charge in [-0.3, -0.25) is 14.2 Å². The molecule has 9 nitrogen and oxygen atoms in total. The van der Waals surface area contributed by atoms with Gasteiger partial charge in [0.2, 0.25) is 0 Å². The standard InChI is InChI=1S/C23H30N4O5/c1-23(2,3)32-22(30)24-15-8-11-26(12-9-15)20(28)14-31-16-6-7-18-17(13-16)21(29)27-10-4-5-19(27)25-18/h6-7,13,15H,4-5,8-12,14H2,1-3H3,(H,24,30). The fourth-order valence-electron chi connectivity index (χ4n) is 4.14. The third kappa shape index (κ3) is 5.03. The van der Waals surface area contributed by atoms with Gasteiger partial charge in [-0.1, -0.05) is 0 Å². The lowest BCUT2D eigenvalue weighted by molar-refractivity contribution is -0.134. The van der Waals surface area contributed by atoms with E-state index in [-0.39, 0.29) is 24.1 Å². The van der Waals surface area contributed by atoms with E-state index in [9.17, 15) is 14.4 Å². The molecule has 2 amide bonds. The highest BCUT2D eigenvalue weighted by Crippen LogP contribution is 2.20. The molecule has 0 atom stereocenters. The molecule has 32 heavy (non-hydrogen) atoms. The van der Waals surface area contributed by atoms with Crippen LogP contribution >= 0.6 is 0 Å². The molecule has 0 unspecified atom stereocenters. The highest BCUT2D eigenvalue weighted by molar-refractivity contribution is 5.80. The number of piperidine rings is 1. The molecule has 3 heterocycles. The quantitative estimate of drug-likeness (QED) is 0.779. The van der Waals surface area contributed by atoms with Crippen molar-refractivity contribution in [2.24, 2.45) is 0 Å². The molecule has 172 valence electrons. The Hall–Kier alpha value is -3.10. The molecule has 0 aliphatic carbocycles. The van der Waals surface area contributed by atoms with E-state index in [1.807, 2.05) is 20.8 Å². The molecule has 1 saturated heterocycles. The number of hydrogen-bond donors (Lipinski definition) is 1. The maximum absolute atomic E-state index is 12.7. The Morgan fingerprint density at radius 2 is 1.94 bits per heavy atom. The van der Waals surface area contributed by atoms with Crippen molar-refractivity contribution in [2.75, 3.05) is 19.7 Å². The molecule has 2 aliphatic heterocycles. The second kappa shape index (κ2) is 8.80. The fraction of sp³-hybridized carbons (Fsp3) is 0.565. The third-order valence-electron chi connectivity index (χ3n) is 5.72. The van der Waals surface area contributed by atoms with E-state index in [0.29, 0.717) is 49.1 Å². The summed E-state index contributed by atoms with van der Waals surface area (Å²) in [5, 5.41) is 3.37. The molecule has 0 spiro atoms. The van der Waals surface area contributed by atoms with E-state index in [0.717, 1.165) is 18.7 Å². The van der Waals surface area contributed by atoms with E-state index in [2.05, 4.69) is 10.3 Å². The number of alkyl carbamates (subject to hydrolysis) is 1. The molecule has 2 aromatic rings. The molecule has 0 saturated carbocycles. The Morgan fingerprint density at radius 1 is 1.19 bits per heavy atom. The van der Waals surface area contributed by atoms with Crippen LogP contribution in [-0.2, 0) is 22.5 Å². The lowest BCUT2D eigenvalue weighted by Gasteiger charge is -2.32. The number of rotatable bonds is 4. The van der Waals surface area contributed by atoms with Crippen LogP contribution in [0, 0.1) is 0 Å². The maximum Gasteiger partial charge on any atom is 0.407 e. The van der Waals surface area contributed by atoms with E-state index in [1.165, 1.54) is 0 Å². The minimum Gasteiger partial charge on any atom is -0.484 e. The SMILES string of the molecule is CC(C)(C)OC(=O)NC1CCN(C(=O)COc2ccc3nc4n(c(=O)c3c2)CCC4)CC1. The van der Waals surface area contributed by atoms with Crippen LogP contribution in [0.15, 0.2) is 23.0 Å². The zero-order valence-electron chi connectivity index (χ0n) is 18.8. The number of aryl methyl sites for hydroxylation is 1. The third-order valence-corrected chi connectivity index (χ3v) is 5.72. The summed E-state index contributed by atoms with van der Waals surface area (Å²) in [5.74, 6) is 1.19. The summed E-state index contributed by atoms with van der Waals surface area (Å²) < 4.78 is 12.7. The van der Waals surface area contributed by atoms with Crippen LogP contribution in [-0.4, -0.2) is 57.8 Å². The summed E-state index contributed by atoms with van der Waals surface area (Å²) in [7, 11) is 0. The number of likely N-dealkylation sites (tertiary alicyclic amines) is 1. The average molecular weight is 443 g/mol.